The second-order valence-electron chi connectivity index (χ2n) is 7.80. The number of amides is 2. The van der Waals surface area contributed by atoms with Gasteiger partial charge >= 0.3 is 0 Å². The van der Waals surface area contributed by atoms with Crippen molar-refractivity contribution in [3.8, 4) is 0 Å². The molecule has 1 N–H and O–H groups in total. The first kappa shape index (κ1) is 22.0. The summed E-state index contributed by atoms with van der Waals surface area (Å²) in [6.07, 6.45) is 6.42. The van der Waals surface area contributed by atoms with Gasteiger partial charge in [-0.3, -0.25) is 9.59 Å². The second kappa shape index (κ2) is 10.4. The Morgan fingerprint density at radius 3 is 2.50 bits per heavy atom. The van der Waals surface area contributed by atoms with Crippen molar-refractivity contribution >= 4 is 39.6 Å². The Hall–Kier alpha value is -3.19. The summed E-state index contributed by atoms with van der Waals surface area (Å²) < 4.78 is 2.79. The summed E-state index contributed by atoms with van der Waals surface area (Å²) in [6.45, 7) is 1.71. The van der Waals surface area contributed by atoms with Crippen molar-refractivity contribution < 1.29 is 9.59 Å². The number of anilines is 1. The maximum Gasteiger partial charge on any atom is 0.246 e. The van der Waals surface area contributed by atoms with E-state index in [1.165, 1.54) is 0 Å². The van der Waals surface area contributed by atoms with Gasteiger partial charge in [0.2, 0.25) is 11.8 Å². The minimum absolute atomic E-state index is 0.0146. The number of hydrogen-bond donors (Lipinski definition) is 1. The van der Waals surface area contributed by atoms with E-state index >= 15 is 0 Å². The van der Waals surface area contributed by atoms with Gasteiger partial charge in [0.25, 0.3) is 0 Å². The van der Waals surface area contributed by atoms with Gasteiger partial charge in [0.1, 0.15) is 5.82 Å². The van der Waals surface area contributed by atoms with Crippen LogP contribution in [0.25, 0.3) is 6.08 Å². The number of piperidine rings is 1. The zero-order valence-electron chi connectivity index (χ0n) is 17.7. The van der Waals surface area contributed by atoms with Crippen molar-refractivity contribution in [1.29, 1.82) is 0 Å². The molecule has 0 aliphatic carbocycles. The molecule has 3 aromatic rings. The minimum Gasteiger partial charge on any atom is -0.339 e. The van der Waals surface area contributed by atoms with Crippen LogP contribution in [0.15, 0.2) is 77.4 Å². The monoisotopic (exact) mass is 492 g/mol. The predicted molar refractivity (Wildman–Crippen MR) is 129 cm³/mol. The Kier molecular flexibility index (Phi) is 7.17. The highest BCUT2D eigenvalue weighted by Gasteiger charge is 2.27. The third-order valence-corrected chi connectivity index (χ3v) is 6.41. The molecule has 2 heterocycles. The maximum atomic E-state index is 12.8. The topological polar surface area (TPSA) is 67.2 Å². The molecule has 1 saturated heterocycles. The van der Waals surface area contributed by atoms with E-state index in [-0.39, 0.29) is 17.7 Å². The quantitative estimate of drug-likeness (QED) is 0.511. The van der Waals surface area contributed by atoms with Crippen molar-refractivity contribution in [2.75, 3.05) is 18.4 Å². The first-order valence-corrected chi connectivity index (χ1v) is 11.5. The van der Waals surface area contributed by atoms with Crippen molar-refractivity contribution in [2.45, 2.75) is 19.4 Å². The number of carbonyl (C=O) groups is 2. The molecule has 0 radical (unpaired) electrons. The number of nitrogens with zero attached hydrogens (tertiary/aromatic N) is 3. The van der Waals surface area contributed by atoms with Gasteiger partial charge < -0.3 is 10.2 Å². The van der Waals surface area contributed by atoms with Gasteiger partial charge in [-0.15, -0.1) is 0 Å². The molecule has 4 rings (SSSR count). The van der Waals surface area contributed by atoms with Crippen LogP contribution in [0.2, 0.25) is 0 Å². The number of benzene rings is 2. The van der Waals surface area contributed by atoms with Crippen LogP contribution >= 0.6 is 15.9 Å². The summed E-state index contributed by atoms with van der Waals surface area (Å²) in [4.78, 5) is 27.1. The number of rotatable bonds is 6. The fourth-order valence-corrected chi connectivity index (χ4v) is 4.19. The molecule has 2 aromatic carbocycles. The zero-order chi connectivity index (χ0) is 22.3. The van der Waals surface area contributed by atoms with Gasteiger partial charge in [-0.1, -0.05) is 64.5 Å². The Morgan fingerprint density at radius 1 is 1.03 bits per heavy atom. The van der Waals surface area contributed by atoms with Crippen LogP contribution in [0.4, 0.5) is 5.82 Å². The molecule has 6 nitrogen and oxygen atoms in total. The lowest BCUT2D eigenvalue weighted by atomic mass is 9.96. The standard InChI is InChI=1S/C25H25BrN4O2/c26-22-9-5-4-8-21(22)18-30-23(12-15-27-30)28-25(32)20-13-16-29(17-14-20)24(31)11-10-19-6-2-1-3-7-19/h1-12,15,20H,13-14,16-18H2,(H,28,32)/b11-10+. The maximum absolute atomic E-state index is 12.8. The Labute approximate surface area is 196 Å². The number of nitrogens with one attached hydrogen (secondary N) is 1. The lowest BCUT2D eigenvalue weighted by Crippen LogP contribution is -2.40. The third-order valence-electron chi connectivity index (χ3n) is 5.64. The van der Waals surface area contributed by atoms with Crippen LogP contribution < -0.4 is 5.32 Å². The smallest absolute Gasteiger partial charge is 0.246 e. The largest absolute Gasteiger partial charge is 0.339 e. The fourth-order valence-electron chi connectivity index (χ4n) is 3.78. The summed E-state index contributed by atoms with van der Waals surface area (Å²) in [6, 6.07) is 19.5. The zero-order valence-corrected chi connectivity index (χ0v) is 19.2. The molecule has 32 heavy (non-hydrogen) atoms. The van der Waals surface area contributed by atoms with E-state index in [1.807, 2.05) is 66.7 Å². The van der Waals surface area contributed by atoms with Crippen molar-refractivity contribution in [3.63, 3.8) is 0 Å². The molecule has 0 saturated carbocycles. The van der Waals surface area contributed by atoms with Gasteiger partial charge in [-0.2, -0.15) is 5.10 Å². The van der Waals surface area contributed by atoms with E-state index in [1.54, 1.807) is 21.9 Å². The minimum atomic E-state index is -0.121. The Bertz CT molecular complexity index is 1100. The second-order valence-corrected chi connectivity index (χ2v) is 8.65. The number of aromatic nitrogens is 2. The van der Waals surface area contributed by atoms with E-state index in [0.717, 1.165) is 15.6 Å². The van der Waals surface area contributed by atoms with Crippen LogP contribution in [0, 0.1) is 5.92 Å². The van der Waals surface area contributed by atoms with E-state index in [4.69, 9.17) is 0 Å². The highest BCUT2D eigenvalue weighted by Crippen LogP contribution is 2.22. The summed E-state index contributed by atoms with van der Waals surface area (Å²) in [7, 11) is 0. The molecular formula is C25H25BrN4O2. The van der Waals surface area contributed by atoms with E-state index < -0.39 is 0 Å². The summed E-state index contributed by atoms with van der Waals surface area (Å²) in [5, 5.41) is 7.37. The lowest BCUT2D eigenvalue weighted by molar-refractivity contribution is -0.130. The molecular weight excluding hydrogens is 468 g/mol. The first-order chi connectivity index (χ1) is 15.6. The fraction of sp³-hybridized carbons (Fsp3) is 0.240. The number of likely N-dealkylation sites (tertiary alicyclic amines) is 1. The molecule has 0 bridgehead atoms. The van der Waals surface area contributed by atoms with Crippen LogP contribution in [-0.4, -0.2) is 39.6 Å². The lowest BCUT2D eigenvalue weighted by Gasteiger charge is -2.30. The number of carbonyl (C=O) groups excluding carboxylic acids is 2. The van der Waals surface area contributed by atoms with Crippen LogP contribution in [0.5, 0.6) is 0 Å². The summed E-state index contributed by atoms with van der Waals surface area (Å²) >= 11 is 3.56. The Morgan fingerprint density at radius 2 is 1.75 bits per heavy atom. The van der Waals surface area contributed by atoms with Crippen molar-refractivity contribution in [2.24, 2.45) is 5.92 Å². The molecule has 0 spiro atoms. The molecule has 0 atom stereocenters. The van der Waals surface area contributed by atoms with E-state index in [0.29, 0.717) is 38.3 Å². The van der Waals surface area contributed by atoms with Gasteiger partial charge in [-0.05, 0) is 36.1 Å². The van der Waals surface area contributed by atoms with Crippen LogP contribution in [0.3, 0.4) is 0 Å². The first-order valence-electron chi connectivity index (χ1n) is 10.7. The van der Waals surface area contributed by atoms with Crippen molar-refractivity contribution in [3.05, 3.63) is 88.5 Å². The van der Waals surface area contributed by atoms with Gasteiger partial charge in [0.05, 0.1) is 12.7 Å². The number of halogens is 1. The molecule has 0 unspecified atom stereocenters. The van der Waals surface area contributed by atoms with Crippen molar-refractivity contribution in [1.82, 2.24) is 14.7 Å². The molecule has 1 fully saturated rings. The van der Waals surface area contributed by atoms with Gasteiger partial charge in [-0.25, -0.2) is 4.68 Å². The SMILES string of the molecule is O=C(Nc1ccnn1Cc1ccccc1Br)C1CCN(C(=O)/C=C/c2ccccc2)CC1. The summed E-state index contributed by atoms with van der Waals surface area (Å²) in [5.41, 5.74) is 2.08. The van der Waals surface area contributed by atoms with Crippen LogP contribution in [0.1, 0.15) is 24.0 Å². The number of hydrogen-bond acceptors (Lipinski definition) is 3. The normalized spacial score (nSPS) is 14.6. The summed E-state index contributed by atoms with van der Waals surface area (Å²) in [5.74, 6) is 0.518. The third kappa shape index (κ3) is 5.53. The molecule has 1 aliphatic heterocycles. The molecule has 2 amide bonds. The van der Waals surface area contributed by atoms with Gasteiger partial charge in [0.15, 0.2) is 0 Å². The van der Waals surface area contributed by atoms with Gasteiger partial charge in [0, 0.05) is 35.6 Å². The highest BCUT2D eigenvalue weighted by molar-refractivity contribution is 9.10. The predicted octanol–water partition coefficient (Wildman–Crippen LogP) is 4.58. The molecule has 7 heteroatoms. The average molecular weight is 493 g/mol. The Balaban J connectivity index is 1.30. The van der Waals surface area contributed by atoms with Crippen LogP contribution in [-0.2, 0) is 16.1 Å². The highest BCUT2D eigenvalue weighted by atomic mass is 79.9. The molecule has 164 valence electrons. The van der Waals surface area contributed by atoms with E-state index in [9.17, 15) is 9.59 Å². The molecule has 1 aliphatic rings. The average Bonchev–Trinajstić information content (AvgIpc) is 3.26. The molecule has 1 aromatic heterocycles. The van der Waals surface area contributed by atoms with E-state index in [2.05, 4.69) is 26.3 Å².